The highest BCUT2D eigenvalue weighted by atomic mass is 19.1. The normalized spacial score (nSPS) is 15.9. The molecule has 1 unspecified atom stereocenters. The van der Waals surface area contributed by atoms with Crippen molar-refractivity contribution >= 4 is 0 Å². The van der Waals surface area contributed by atoms with Crippen molar-refractivity contribution in [1.29, 1.82) is 0 Å². The molecule has 1 aromatic rings. The predicted octanol–water partition coefficient (Wildman–Crippen LogP) is 2.93. The summed E-state index contributed by atoms with van der Waals surface area (Å²) < 4.78 is 18.8. The highest BCUT2D eigenvalue weighted by Crippen LogP contribution is 2.29. The molecule has 114 valence electrons. The number of aliphatic hydroxyl groups excluding tert-OH is 1. The Morgan fingerprint density at radius 2 is 2.10 bits per heavy atom. The first-order chi connectivity index (χ1) is 9.53. The molecule has 3 atom stereocenters. The van der Waals surface area contributed by atoms with E-state index in [2.05, 4.69) is 0 Å². The van der Waals surface area contributed by atoms with Crippen LogP contribution in [-0.4, -0.2) is 23.7 Å². The molecule has 0 saturated carbocycles. The lowest BCUT2D eigenvalue weighted by Crippen LogP contribution is -2.34. The number of hydrogen-bond acceptors (Lipinski definition) is 4. The lowest BCUT2D eigenvalue weighted by atomic mass is 9.91. The summed E-state index contributed by atoms with van der Waals surface area (Å²) in [5.74, 6) is -0.383. The van der Waals surface area contributed by atoms with Gasteiger partial charge in [0.05, 0.1) is 6.10 Å². The van der Waals surface area contributed by atoms with E-state index in [9.17, 15) is 9.50 Å². The third-order valence-electron chi connectivity index (χ3n) is 3.59. The van der Waals surface area contributed by atoms with E-state index in [1.165, 1.54) is 6.07 Å². The van der Waals surface area contributed by atoms with Crippen LogP contribution in [0.25, 0.3) is 0 Å². The zero-order valence-electron chi connectivity index (χ0n) is 12.3. The maximum Gasteiger partial charge on any atom is 0.129 e. The molecule has 0 aliphatic heterocycles. The van der Waals surface area contributed by atoms with Crippen LogP contribution in [0.2, 0.25) is 0 Å². The van der Waals surface area contributed by atoms with Crippen molar-refractivity contribution in [3.63, 3.8) is 0 Å². The van der Waals surface area contributed by atoms with Crippen molar-refractivity contribution in [2.45, 2.75) is 45.4 Å². The smallest absolute Gasteiger partial charge is 0.129 e. The van der Waals surface area contributed by atoms with Crippen molar-refractivity contribution < 1.29 is 19.4 Å². The molecule has 0 aliphatic carbocycles. The molecular formula is C15H24FNO3. The number of nitrogens with one attached hydrogen (secondary N) is 1. The fourth-order valence-electron chi connectivity index (χ4n) is 2.39. The SMILES string of the molecule is CCC[C@H](C[C@@H](OC)c1ccc(F)c(C)c1)C(O)NO. The molecule has 0 spiro atoms. The summed E-state index contributed by atoms with van der Waals surface area (Å²) in [5, 5.41) is 18.6. The van der Waals surface area contributed by atoms with E-state index in [4.69, 9.17) is 9.94 Å². The van der Waals surface area contributed by atoms with Crippen molar-refractivity contribution in [1.82, 2.24) is 5.48 Å². The summed E-state index contributed by atoms with van der Waals surface area (Å²) in [4.78, 5) is 0. The van der Waals surface area contributed by atoms with Gasteiger partial charge in [0.2, 0.25) is 0 Å². The Morgan fingerprint density at radius 1 is 1.40 bits per heavy atom. The van der Waals surface area contributed by atoms with Gasteiger partial charge in [-0.2, -0.15) is 5.48 Å². The van der Waals surface area contributed by atoms with Crippen molar-refractivity contribution in [3.8, 4) is 0 Å². The molecule has 0 amide bonds. The Bertz CT molecular complexity index is 414. The fraction of sp³-hybridized carbons (Fsp3) is 0.600. The highest BCUT2D eigenvalue weighted by molar-refractivity contribution is 5.25. The monoisotopic (exact) mass is 285 g/mol. The van der Waals surface area contributed by atoms with Gasteiger partial charge in [0.15, 0.2) is 0 Å². The molecule has 0 aliphatic rings. The highest BCUT2D eigenvalue weighted by Gasteiger charge is 2.23. The number of methoxy groups -OCH3 is 1. The van der Waals surface area contributed by atoms with Crippen LogP contribution in [0, 0.1) is 18.7 Å². The first-order valence-corrected chi connectivity index (χ1v) is 6.90. The number of ether oxygens (including phenoxy) is 1. The molecule has 4 nitrogen and oxygen atoms in total. The van der Waals surface area contributed by atoms with E-state index in [1.807, 2.05) is 12.4 Å². The predicted molar refractivity (Wildman–Crippen MR) is 74.8 cm³/mol. The Morgan fingerprint density at radius 3 is 2.60 bits per heavy atom. The number of hydroxylamine groups is 1. The van der Waals surface area contributed by atoms with Crippen LogP contribution in [-0.2, 0) is 4.74 Å². The van der Waals surface area contributed by atoms with Crippen LogP contribution in [0.3, 0.4) is 0 Å². The van der Waals surface area contributed by atoms with Gasteiger partial charge < -0.3 is 15.1 Å². The van der Waals surface area contributed by atoms with Crippen molar-refractivity contribution in [3.05, 3.63) is 35.1 Å². The molecule has 20 heavy (non-hydrogen) atoms. The summed E-state index contributed by atoms with van der Waals surface area (Å²) >= 11 is 0. The first-order valence-electron chi connectivity index (χ1n) is 6.90. The van der Waals surface area contributed by atoms with Crippen LogP contribution in [0.5, 0.6) is 0 Å². The second-order valence-corrected chi connectivity index (χ2v) is 5.09. The largest absolute Gasteiger partial charge is 0.377 e. The molecular weight excluding hydrogens is 261 g/mol. The number of benzene rings is 1. The van der Waals surface area contributed by atoms with Crippen molar-refractivity contribution in [2.75, 3.05) is 7.11 Å². The lowest BCUT2D eigenvalue weighted by Gasteiger charge is -2.26. The Hall–Kier alpha value is -1.01. The summed E-state index contributed by atoms with van der Waals surface area (Å²) in [6.45, 7) is 3.72. The topological polar surface area (TPSA) is 61.7 Å². The van der Waals surface area contributed by atoms with E-state index >= 15 is 0 Å². The Labute approximate surface area is 119 Å². The van der Waals surface area contributed by atoms with Gasteiger partial charge in [-0.3, -0.25) is 0 Å². The number of rotatable bonds is 8. The fourth-order valence-corrected chi connectivity index (χ4v) is 2.39. The molecule has 5 heteroatoms. The van der Waals surface area contributed by atoms with Crippen LogP contribution in [0.4, 0.5) is 4.39 Å². The van der Waals surface area contributed by atoms with Gasteiger partial charge >= 0.3 is 0 Å². The van der Waals surface area contributed by atoms with E-state index in [0.29, 0.717) is 12.0 Å². The third-order valence-corrected chi connectivity index (χ3v) is 3.59. The summed E-state index contributed by atoms with van der Waals surface area (Å²) in [6.07, 6.45) is 0.962. The van der Waals surface area contributed by atoms with Crippen LogP contribution in [0.1, 0.15) is 43.4 Å². The van der Waals surface area contributed by atoms with Crippen molar-refractivity contribution in [2.24, 2.45) is 5.92 Å². The molecule has 0 radical (unpaired) electrons. The second kappa shape index (κ2) is 8.32. The molecule has 0 heterocycles. The standard InChI is InChI=1S/C15H24FNO3/c1-4-5-12(15(18)17-19)9-14(20-3)11-6-7-13(16)10(2)8-11/h6-8,12,14-15,17-19H,4-5,9H2,1-3H3/t12-,14-,15?/m1/s1. The number of halogens is 1. The zero-order chi connectivity index (χ0) is 15.1. The van der Waals surface area contributed by atoms with Gasteiger partial charge in [-0.15, -0.1) is 0 Å². The lowest BCUT2D eigenvalue weighted by molar-refractivity contribution is -0.0526. The van der Waals surface area contributed by atoms with E-state index in [1.54, 1.807) is 26.2 Å². The summed E-state index contributed by atoms with van der Waals surface area (Å²) in [5.41, 5.74) is 3.33. The maximum absolute atomic E-state index is 13.3. The first kappa shape index (κ1) is 17.0. The minimum absolute atomic E-state index is 0.139. The average Bonchev–Trinajstić information content (AvgIpc) is 2.45. The van der Waals surface area contributed by atoms with E-state index in [-0.39, 0.29) is 17.8 Å². The summed E-state index contributed by atoms with van der Waals surface area (Å²) in [6, 6.07) is 4.87. The molecule has 0 fully saturated rings. The minimum Gasteiger partial charge on any atom is -0.377 e. The van der Waals surface area contributed by atoms with Gasteiger partial charge in [0.1, 0.15) is 12.0 Å². The minimum atomic E-state index is -0.992. The Balaban J connectivity index is 2.85. The van der Waals surface area contributed by atoms with Gasteiger partial charge in [0.25, 0.3) is 0 Å². The zero-order valence-corrected chi connectivity index (χ0v) is 12.3. The molecule has 0 aromatic heterocycles. The van der Waals surface area contributed by atoms with Crippen LogP contribution in [0.15, 0.2) is 18.2 Å². The molecule has 0 saturated heterocycles. The van der Waals surface area contributed by atoms with Gasteiger partial charge in [-0.1, -0.05) is 25.5 Å². The van der Waals surface area contributed by atoms with E-state index < -0.39 is 6.23 Å². The summed E-state index contributed by atoms with van der Waals surface area (Å²) in [7, 11) is 1.59. The van der Waals surface area contributed by atoms with Gasteiger partial charge in [0, 0.05) is 13.0 Å². The quantitative estimate of drug-likeness (QED) is 0.507. The van der Waals surface area contributed by atoms with Crippen LogP contribution >= 0.6 is 0 Å². The molecule has 3 N–H and O–H groups in total. The number of hydrogen-bond donors (Lipinski definition) is 3. The average molecular weight is 285 g/mol. The number of aliphatic hydroxyl groups is 1. The van der Waals surface area contributed by atoms with E-state index in [0.717, 1.165) is 18.4 Å². The molecule has 1 rings (SSSR count). The molecule has 1 aromatic carbocycles. The maximum atomic E-state index is 13.3. The molecule has 0 bridgehead atoms. The third kappa shape index (κ3) is 4.52. The number of aryl methyl sites for hydroxylation is 1. The van der Waals surface area contributed by atoms with Gasteiger partial charge in [-0.05, 0) is 37.0 Å². The Kier molecular flexibility index (Phi) is 7.09. The van der Waals surface area contributed by atoms with Gasteiger partial charge in [-0.25, -0.2) is 4.39 Å². The van der Waals surface area contributed by atoms with Crippen LogP contribution < -0.4 is 5.48 Å². The second-order valence-electron chi connectivity index (χ2n) is 5.09.